The highest BCUT2D eigenvalue weighted by Gasteiger charge is 2.36. The van der Waals surface area contributed by atoms with E-state index < -0.39 is 17.9 Å². The maximum atomic E-state index is 12.6. The predicted octanol–water partition coefficient (Wildman–Crippen LogP) is 0.538. The van der Waals surface area contributed by atoms with E-state index in [2.05, 4.69) is 5.10 Å². The number of carbonyl (C=O) groups excluding carboxylic acids is 1. The minimum absolute atomic E-state index is 0.0955. The predicted molar refractivity (Wildman–Crippen MR) is 77.6 cm³/mol. The molecule has 114 valence electrons. The van der Waals surface area contributed by atoms with Crippen molar-refractivity contribution in [1.82, 2.24) is 14.7 Å². The molecule has 7 nitrogen and oxygen atoms in total. The standard InChI is InChI=1S/C15H15N3O4/c1-17-12(19)8-11(16-17)14(20)18-7-6-9-4-2-3-5-10(9)13(18)15(21)22/h2-5,8,13,16H,6-7H2,1H3,(H,21,22)/t13-/m1/s1. The molecule has 0 radical (unpaired) electrons. The van der Waals surface area contributed by atoms with Crippen molar-refractivity contribution in [2.75, 3.05) is 6.54 Å². The molecule has 1 atom stereocenters. The molecule has 1 amide bonds. The lowest BCUT2D eigenvalue weighted by atomic mass is 9.92. The SMILES string of the molecule is Cn1[nH]c(C(=O)N2CCc3ccccc3[C@@H]2C(=O)O)cc1=O. The minimum Gasteiger partial charge on any atom is -0.479 e. The lowest BCUT2D eigenvalue weighted by Crippen LogP contribution is -2.43. The second-order valence-electron chi connectivity index (χ2n) is 5.26. The molecular formula is C15H15N3O4. The fourth-order valence-electron chi connectivity index (χ4n) is 2.80. The summed E-state index contributed by atoms with van der Waals surface area (Å²) in [6.07, 6.45) is 0.586. The largest absolute Gasteiger partial charge is 0.479 e. The van der Waals surface area contributed by atoms with Crippen molar-refractivity contribution in [3.63, 3.8) is 0 Å². The smallest absolute Gasteiger partial charge is 0.331 e. The third-order valence-electron chi connectivity index (χ3n) is 3.90. The van der Waals surface area contributed by atoms with Crippen molar-refractivity contribution in [3.05, 3.63) is 57.5 Å². The zero-order chi connectivity index (χ0) is 15.9. The Morgan fingerprint density at radius 2 is 2.05 bits per heavy atom. The second-order valence-corrected chi connectivity index (χ2v) is 5.26. The lowest BCUT2D eigenvalue weighted by Gasteiger charge is -2.34. The van der Waals surface area contributed by atoms with Crippen LogP contribution in [0.4, 0.5) is 0 Å². The van der Waals surface area contributed by atoms with Gasteiger partial charge in [0.25, 0.3) is 11.5 Å². The van der Waals surface area contributed by atoms with Gasteiger partial charge >= 0.3 is 5.97 Å². The number of carboxylic acid groups (broad SMARTS) is 1. The molecule has 0 unspecified atom stereocenters. The number of hydrogen-bond donors (Lipinski definition) is 2. The number of benzene rings is 1. The van der Waals surface area contributed by atoms with Crippen LogP contribution in [0.25, 0.3) is 0 Å². The average molecular weight is 301 g/mol. The van der Waals surface area contributed by atoms with Gasteiger partial charge in [-0.2, -0.15) is 0 Å². The van der Waals surface area contributed by atoms with E-state index >= 15 is 0 Å². The minimum atomic E-state index is -1.08. The van der Waals surface area contributed by atoms with E-state index in [9.17, 15) is 19.5 Å². The van der Waals surface area contributed by atoms with Gasteiger partial charge in [0.2, 0.25) is 0 Å². The first-order chi connectivity index (χ1) is 10.5. The molecule has 2 N–H and O–H groups in total. The molecule has 0 bridgehead atoms. The monoisotopic (exact) mass is 301 g/mol. The van der Waals surface area contributed by atoms with Crippen molar-refractivity contribution in [2.24, 2.45) is 7.05 Å². The first kappa shape index (κ1) is 14.1. The Kier molecular flexibility index (Phi) is 3.32. The van der Waals surface area contributed by atoms with Gasteiger partial charge in [-0.05, 0) is 17.5 Å². The maximum absolute atomic E-state index is 12.6. The number of nitrogens with one attached hydrogen (secondary N) is 1. The summed E-state index contributed by atoms with van der Waals surface area (Å²) >= 11 is 0. The van der Waals surface area contributed by atoms with Gasteiger partial charge in [0.05, 0.1) is 0 Å². The van der Waals surface area contributed by atoms with Crippen LogP contribution in [-0.2, 0) is 18.3 Å². The van der Waals surface area contributed by atoms with Crippen LogP contribution in [0.1, 0.15) is 27.7 Å². The molecule has 0 saturated carbocycles. The molecule has 7 heteroatoms. The summed E-state index contributed by atoms with van der Waals surface area (Å²) in [4.78, 5) is 37.0. The number of aliphatic carboxylic acids is 1. The van der Waals surface area contributed by atoms with Gasteiger partial charge in [-0.3, -0.25) is 19.4 Å². The average Bonchev–Trinajstić information content (AvgIpc) is 2.84. The van der Waals surface area contributed by atoms with E-state index in [1.807, 2.05) is 12.1 Å². The summed E-state index contributed by atoms with van der Waals surface area (Å²) in [5, 5.41) is 12.2. The molecule has 1 aliphatic heterocycles. The highest BCUT2D eigenvalue weighted by molar-refractivity contribution is 5.95. The molecule has 0 aliphatic carbocycles. The highest BCUT2D eigenvalue weighted by atomic mass is 16.4. The zero-order valence-corrected chi connectivity index (χ0v) is 11.9. The normalized spacial score (nSPS) is 17.1. The number of nitrogens with zero attached hydrogens (tertiary/aromatic N) is 2. The summed E-state index contributed by atoms with van der Waals surface area (Å²) in [6, 6.07) is 7.35. The number of H-pyrrole nitrogens is 1. The van der Waals surface area contributed by atoms with Gasteiger partial charge in [-0.25, -0.2) is 4.79 Å². The van der Waals surface area contributed by atoms with Gasteiger partial charge in [-0.1, -0.05) is 24.3 Å². The van der Waals surface area contributed by atoms with Gasteiger partial charge in [-0.15, -0.1) is 0 Å². The Balaban J connectivity index is 2.02. The number of fused-ring (bicyclic) bond motifs is 1. The summed E-state index contributed by atoms with van der Waals surface area (Å²) in [6.45, 7) is 0.295. The van der Waals surface area contributed by atoms with Crippen LogP contribution >= 0.6 is 0 Å². The number of aryl methyl sites for hydroxylation is 1. The zero-order valence-electron chi connectivity index (χ0n) is 11.9. The van der Waals surface area contributed by atoms with Crippen LogP contribution in [0, 0.1) is 0 Å². The van der Waals surface area contributed by atoms with Gasteiger partial charge in [0.1, 0.15) is 5.69 Å². The van der Waals surface area contributed by atoms with Crippen LogP contribution in [0.5, 0.6) is 0 Å². The lowest BCUT2D eigenvalue weighted by molar-refractivity contribution is -0.143. The number of aromatic nitrogens is 2. The van der Waals surface area contributed by atoms with E-state index in [1.165, 1.54) is 22.7 Å². The van der Waals surface area contributed by atoms with Gasteiger partial charge in [0, 0.05) is 19.7 Å². The molecule has 1 aromatic carbocycles. The molecule has 3 rings (SSSR count). The Morgan fingerprint density at radius 3 is 2.68 bits per heavy atom. The fraction of sp³-hybridized carbons (Fsp3) is 0.267. The summed E-state index contributed by atoms with van der Waals surface area (Å²) in [5.41, 5.74) is 1.30. The summed E-state index contributed by atoms with van der Waals surface area (Å²) in [7, 11) is 1.50. The molecular weight excluding hydrogens is 286 g/mol. The molecule has 2 heterocycles. The van der Waals surface area contributed by atoms with Crippen LogP contribution in [0.3, 0.4) is 0 Å². The van der Waals surface area contributed by atoms with Crippen LogP contribution in [0.15, 0.2) is 35.1 Å². The van der Waals surface area contributed by atoms with E-state index in [1.54, 1.807) is 12.1 Å². The Morgan fingerprint density at radius 1 is 1.32 bits per heavy atom. The van der Waals surface area contributed by atoms with Crippen LogP contribution < -0.4 is 5.56 Å². The molecule has 0 spiro atoms. The number of aromatic amines is 1. The van der Waals surface area contributed by atoms with E-state index in [-0.39, 0.29) is 11.3 Å². The number of rotatable bonds is 2. The van der Waals surface area contributed by atoms with E-state index in [0.717, 1.165) is 5.56 Å². The van der Waals surface area contributed by atoms with E-state index in [4.69, 9.17) is 0 Å². The molecule has 0 fully saturated rings. The number of carbonyl (C=O) groups is 2. The third-order valence-corrected chi connectivity index (χ3v) is 3.90. The fourth-order valence-corrected chi connectivity index (χ4v) is 2.80. The number of carboxylic acids is 1. The first-order valence-electron chi connectivity index (χ1n) is 6.86. The number of hydrogen-bond acceptors (Lipinski definition) is 3. The highest BCUT2D eigenvalue weighted by Crippen LogP contribution is 2.30. The van der Waals surface area contributed by atoms with Crippen LogP contribution in [-0.4, -0.2) is 38.2 Å². The summed E-state index contributed by atoms with van der Waals surface area (Å²) < 4.78 is 1.18. The van der Waals surface area contributed by atoms with Crippen LogP contribution in [0.2, 0.25) is 0 Å². The summed E-state index contributed by atoms with van der Waals surface area (Å²) in [5.74, 6) is -1.57. The molecule has 1 aromatic heterocycles. The molecule has 1 aliphatic rings. The Bertz CT molecular complexity index is 805. The van der Waals surface area contributed by atoms with Gasteiger partial charge < -0.3 is 10.0 Å². The Labute approximate surface area is 125 Å². The molecule has 2 aromatic rings. The van der Waals surface area contributed by atoms with Crippen molar-refractivity contribution < 1.29 is 14.7 Å². The van der Waals surface area contributed by atoms with E-state index in [0.29, 0.717) is 18.5 Å². The quantitative estimate of drug-likeness (QED) is 0.846. The maximum Gasteiger partial charge on any atom is 0.331 e. The van der Waals surface area contributed by atoms with Crippen molar-refractivity contribution in [1.29, 1.82) is 0 Å². The van der Waals surface area contributed by atoms with Crippen molar-refractivity contribution in [3.8, 4) is 0 Å². The molecule has 22 heavy (non-hydrogen) atoms. The van der Waals surface area contributed by atoms with Crippen molar-refractivity contribution in [2.45, 2.75) is 12.5 Å². The van der Waals surface area contributed by atoms with Gasteiger partial charge in [0.15, 0.2) is 6.04 Å². The van der Waals surface area contributed by atoms with Crippen molar-refractivity contribution >= 4 is 11.9 Å². The number of amides is 1. The first-order valence-corrected chi connectivity index (χ1v) is 6.86. The second kappa shape index (κ2) is 5.18. The Hall–Kier alpha value is -2.83. The topological polar surface area (TPSA) is 95.4 Å². The molecule has 0 saturated heterocycles. The third kappa shape index (κ3) is 2.20.